The molecule has 1 atom stereocenters. The largest absolute Gasteiger partial charge is 0.439 e. The van der Waals surface area contributed by atoms with Crippen LogP contribution in [-0.4, -0.2) is 34.2 Å². The van der Waals surface area contributed by atoms with Gasteiger partial charge in [0.2, 0.25) is 5.89 Å². The SMILES string of the molecule is OC[C@H]1CCCN1Cc1ncc(-c2ccccc2Cl)o1. The molecule has 1 aliphatic heterocycles. The summed E-state index contributed by atoms with van der Waals surface area (Å²) in [4.78, 5) is 6.53. The monoisotopic (exact) mass is 292 g/mol. The van der Waals surface area contributed by atoms with Gasteiger partial charge in [0, 0.05) is 11.6 Å². The summed E-state index contributed by atoms with van der Waals surface area (Å²) in [5.41, 5.74) is 0.855. The molecule has 0 bridgehead atoms. The molecule has 0 amide bonds. The Labute approximate surface area is 123 Å². The van der Waals surface area contributed by atoms with E-state index in [2.05, 4.69) is 9.88 Å². The first-order valence-electron chi connectivity index (χ1n) is 6.82. The number of rotatable bonds is 4. The van der Waals surface area contributed by atoms with Crippen molar-refractivity contribution in [3.63, 3.8) is 0 Å². The van der Waals surface area contributed by atoms with E-state index < -0.39 is 0 Å². The Balaban J connectivity index is 1.76. The highest BCUT2D eigenvalue weighted by atomic mass is 35.5. The van der Waals surface area contributed by atoms with Crippen molar-refractivity contribution in [1.29, 1.82) is 0 Å². The summed E-state index contributed by atoms with van der Waals surface area (Å²) in [6, 6.07) is 7.79. The molecule has 3 rings (SSSR count). The molecule has 0 saturated carbocycles. The maximum atomic E-state index is 9.32. The van der Waals surface area contributed by atoms with E-state index in [0.29, 0.717) is 23.2 Å². The molecule has 1 saturated heterocycles. The molecule has 1 aromatic carbocycles. The second kappa shape index (κ2) is 5.95. The number of benzene rings is 1. The Morgan fingerprint density at radius 3 is 3.05 bits per heavy atom. The van der Waals surface area contributed by atoms with Gasteiger partial charge in [-0.1, -0.05) is 23.7 Å². The molecule has 0 unspecified atom stereocenters. The van der Waals surface area contributed by atoms with Gasteiger partial charge in [0.1, 0.15) is 0 Å². The van der Waals surface area contributed by atoms with Gasteiger partial charge in [-0.25, -0.2) is 4.98 Å². The summed E-state index contributed by atoms with van der Waals surface area (Å²) in [6.07, 6.45) is 3.86. The lowest BCUT2D eigenvalue weighted by Gasteiger charge is -2.20. The van der Waals surface area contributed by atoms with Crippen molar-refractivity contribution in [2.75, 3.05) is 13.2 Å². The minimum atomic E-state index is 0.193. The summed E-state index contributed by atoms with van der Waals surface area (Å²) in [5.74, 6) is 1.35. The van der Waals surface area contributed by atoms with Crippen LogP contribution in [-0.2, 0) is 6.54 Å². The fraction of sp³-hybridized carbons (Fsp3) is 0.400. The number of aromatic nitrogens is 1. The average Bonchev–Trinajstić information content (AvgIpc) is 3.09. The van der Waals surface area contributed by atoms with Crippen LogP contribution < -0.4 is 0 Å². The summed E-state index contributed by atoms with van der Waals surface area (Å²) in [6.45, 7) is 1.81. The van der Waals surface area contributed by atoms with Crippen LogP contribution in [0, 0.1) is 0 Å². The molecule has 20 heavy (non-hydrogen) atoms. The van der Waals surface area contributed by atoms with Gasteiger partial charge in [-0.3, -0.25) is 4.90 Å². The molecule has 2 heterocycles. The van der Waals surface area contributed by atoms with Crippen LogP contribution in [0.4, 0.5) is 0 Å². The minimum absolute atomic E-state index is 0.193. The summed E-state index contributed by atoms with van der Waals surface area (Å²) < 4.78 is 5.79. The smallest absolute Gasteiger partial charge is 0.209 e. The fourth-order valence-electron chi connectivity index (χ4n) is 2.65. The quantitative estimate of drug-likeness (QED) is 0.941. The fourth-order valence-corrected chi connectivity index (χ4v) is 2.88. The van der Waals surface area contributed by atoms with Gasteiger partial charge < -0.3 is 9.52 Å². The highest BCUT2D eigenvalue weighted by Crippen LogP contribution is 2.28. The zero-order valence-corrected chi connectivity index (χ0v) is 11.9. The van der Waals surface area contributed by atoms with E-state index in [1.807, 2.05) is 24.3 Å². The standard InChI is InChI=1S/C15H17ClN2O2/c16-13-6-2-1-5-12(13)14-8-17-15(20-14)9-18-7-3-4-11(18)10-19/h1-2,5-6,8,11,19H,3-4,7,9-10H2/t11-/m1/s1. The van der Waals surface area contributed by atoms with Crippen LogP contribution in [0.15, 0.2) is 34.9 Å². The molecular weight excluding hydrogens is 276 g/mol. The van der Waals surface area contributed by atoms with Crippen LogP contribution in [0.1, 0.15) is 18.7 Å². The first-order chi connectivity index (χ1) is 9.78. The van der Waals surface area contributed by atoms with Crippen molar-refractivity contribution in [2.24, 2.45) is 0 Å². The number of hydrogen-bond donors (Lipinski definition) is 1. The number of likely N-dealkylation sites (tertiary alicyclic amines) is 1. The molecule has 0 aliphatic carbocycles. The average molecular weight is 293 g/mol. The molecule has 0 spiro atoms. The lowest BCUT2D eigenvalue weighted by atomic mass is 10.2. The first-order valence-corrected chi connectivity index (χ1v) is 7.20. The van der Waals surface area contributed by atoms with E-state index in [-0.39, 0.29) is 12.6 Å². The van der Waals surface area contributed by atoms with E-state index in [1.54, 1.807) is 6.20 Å². The third-order valence-electron chi connectivity index (χ3n) is 3.74. The zero-order chi connectivity index (χ0) is 13.9. The molecule has 1 aromatic heterocycles. The maximum absolute atomic E-state index is 9.32. The number of aliphatic hydroxyl groups is 1. The third-order valence-corrected chi connectivity index (χ3v) is 4.07. The Kier molecular flexibility index (Phi) is 4.05. The van der Waals surface area contributed by atoms with Crippen molar-refractivity contribution in [3.05, 3.63) is 41.4 Å². The highest BCUT2D eigenvalue weighted by molar-refractivity contribution is 6.33. The van der Waals surface area contributed by atoms with Crippen LogP contribution in [0.5, 0.6) is 0 Å². The lowest BCUT2D eigenvalue weighted by molar-refractivity contribution is 0.144. The third kappa shape index (κ3) is 2.73. The van der Waals surface area contributed by atoms with Crippen molar-refractivity contribution >= 4 is 11.6 Å². The van der Waals surface area contributed by atoms with E-state index in [0.717, 1.165) is 24.9 Å². The molecule has 1 fully saturated rings. The van der Waals surface area contributed by atoms with E-state index in [4.69, 9.17) is 16.0 Å². The van der Waals surface area contributed by atoms with E-state index in [9.17, 15) is 5.11 Å². The molecule has 1 N–H and O–H groups in total. The van der Waals surface area contributed by atoms with Crippen LogP contribution in [0.2, 0.25) is 5.02 Å². The summed E-state index contributed by atoms with van der Waals surface area (Å²) in [7, 11) is 0. The Hall–Kier alpha value is -1.36. The second-order valence-electron chi connectivity index (χ2n) is 5.05. The van der Waals surface area contributed by atoms with Crippen LogP contribution in [0.3, 0.4) is 0 Å². The highest BCUT2D eigenvalue weighted by Gasteiger charge is 2.25. The number of oxazole rings is 1. The van der Waals surface area contributed by atoms with E-state index >= 15 is 0 Å². The molecule has 5 heteroatoms. The number of aliphatic hydroxyl groups excluding tert-OH is 1. The van der Waals surface area contributed by atoms with E-state index in [1.165, 1.54) is 0 Å². The van der Waals surface area contributed by atoms with Gasteiger partial charge in [0.15, 0.2) is 5.76 Å². The molecule has 106 valence electrons. The predicted octanol–water partition coefficient (Wildman–Crippen LogP) is 2.95. The zero-order valence-electron chi connectivity index (χ0n) is 11.1. The summed E-state index contributed by atoms with van der Waals surface area (Å²) in [5, 5.41) is 9.98. The molecule has 1 aliphatic rings. The van der Waals surface area contributed by atoms with Gasteiger partial charge in [-0.15, -0.1) is 0 Å². The number of halogens is 1. The second-order valence-corrected chi connectivity index (χ2v) is 5.45. The van der Waals surface area contributed by atoms with Gasteiger partial charge >= 0.3 is 0 Å². The molecule has 0 radical (unpaired) electrons. The molecular formula is C15H17ClN2O2. The summed E-state index contributed by atoms with van der Waals surface area (Å²) >= 11 is 6.15. The van der Waals surface area contributed by atoms with Gasteiger partial charge in [-0.2, -0.15) is 0 Å². The van der Waals surface area contributed by atoms with Crippen molar-refractivity contribution < 1.29 is 9.52 Å². The first kappa shape index (κ1) is 13.6. The van der Waals surface area contributed by atoms with Gasteiger partial charge in [-0.05, 0) is 31.5 Å². The van der Waals surface area contributed by atoms with Crippen molar-refractivity contribution in [1.82, 2.24) is 9.88 Å². The Bertz CT molecular complexity index is 585. The maximum Gasteiger partial charge on any atom is 0.209 e. The Morgan fingerprint density at radius 1 is 1.40 bits per heavy atom. The van der Waals surface area contributed by atoms with Crippen LogP contribution >= 0.6 is 11.6 Å². The number of nitrogens with zero attached hydrogens (tertiary/aromatic N) is 2. The molecule has 2 aromatic rings. The predicted molar refractivity (Wildman–Crippen MR) is 77.5 cm³/mol. The topological polar surface area (TPSA) is 49.5 Å². The minimum Gasteiger partial charge on any atom is -0.439 e. The molecule has 4 nitrogen and oxygen atoms in total. The Morgan fingerprint density at radius 2 is 2.25 bits per heavy atom. The van der Waals surface area contributed by atoms with Crippen molar-refractivity contribution in [2.45, 2.75) is 25.4 Å². The number of hydrogen-bond acceptors (Lipinski definition) is 4. The van der Waals surface area contributed by atoms with Gasteiger partial charge in [0.05, 0.1) is 24.4 Å². The van der Waals surface area contributed by atoms with Crippen LogP contribution in [0.25, 0.3) is 11.3 Å². The lowest BCUT2D eigenvalue weighted by Crippen LogP contribution is -2.31. The van der Waals surface area contributed by atoms with Gasteiger partial charge in [0.25, 0.3) is 0 Å². The normalized spacial score (nSPS) is 19.6. The van der Waals surface area contributed by atoms with Crippen molar-refractivity contribution in [3.8, 4) is 11.3 Å².